The van der Waals surface area contributed by atoms with Gasteiger partial charge in [0.05, 0.1) is 11.8 Å². The van der Waals surface area contributed by atoms with E-state index in [2.05, 4.69) is 10.6 Å². The minimum Gasteiger partial charge on any atom is -0.472 e. The molecule has 1 aliphatic heterocycles. The lowest BCUT2D eigenvalue weighted by atomic mass is 9.96. The van der Waals surface area contributed by atoms with E-state index in [1.54, 1.807) is 11.0 Å². The molecular weight excluding hydrogens is 372 g/mol. The Balaban J connectivity index is 1.42. The molecule has 0 atom stereocenters. The van der Waals surface area contributed by atoms with Crippen LogP contribution < -0.4 is 10.6 Å². The van der Waals surface area contributed by atoms with Gasteiger partial charge in [-0.25, -0.2) is 8.78 Å². The van der Waals surface area contributed by atoms with Gasteiger partial charge in [0.2, 0.25) is 0 Å². The van der Waals surface area contributed by atoms with Crippen LogP contribution in [0.15, 0.2) is 41.2 Å². The second kappa shape index (κ2) is 8.64. The summed E-state index contributed by atoms with van der Waals surface area (Å²) in [6.07, 6.45) is 4.23. The fraction of sp³-hybridized carbons (Fsp3) is 0.316. The topological polar surface area (TPSA) is 91.7 Å². The number of likely N-dealkylation sites (tertiary alicyclic amines) is 1. The number of hydrogen-bond acceptors (Lipinski definition) is 4. The van der Waals surface area contributed by atoms with Crippen LogP contribution in [0.4, 0.5) is 14.5 Å². The van der Waals surface area contributed by atoms with Crippen molar-refractivity contribution < 1.29 is 27.6 Å². The molecule has 1 aromatic heterocycles. The van der Waals surface area contributed by atoms with E-state index in [-0.39, 0.29) is 24.1 Å². The van der Waals surface area contributed by atoms with Crippen LogP contribution in [0, 0.1) is 17.6 Å². The summed E-state index contributed by atoms with van der Waals surface area (Å²) in [5, 5.41) is 4.75. The van der Waals surface area contributed by atoms with Crippen LogP contribution in [0.25, 0.3) is 0 Å². The van der Waals surface area contributed by atoms with Crippen LogP contribution in [-0.4, -0.2) is 42.3 Å². The SMILES string of the molecule is O=C(NCC1CCN(C(=O)c2ccoc2)CC1)C(=O)Nc1ccc(F)c(F)c1. The molecular formula is C19H19F2N3O4. The van der Waals surface area contributed by atoms with Crippen molar-refractivity contribution >= 4 is 23.4 Å². The molecule has 0 bridgehead atoms. The van der Waals surface area contributed by atoms with Crippen LogP contribution in [-0.2, 0) is 9.59 Å². The number of anilines is 1. The molecule has 1 aliphatic rings. The Morgan fingerprint density at radius 2 is 1.82 bits per heavy atom. The fourth-order valence-corrected chi connectivity index (χ4v) is 2.99. The van der Waals surface area contributed by atoms with Crippen LogP contribution >= 0.6 is 0 Å². The molecule has 148 valence electrons. The molecule has 9 heteroatoms. The van der Waals surface area contributed by atoms with E-state index in [0.717, 1.165) is 18.2 Å². The number of amides is 3. The zero-order valence-corrected chi connectivity index (χ0v) is 14.9. The molecule has 0 spiro atoms. The van der Waals surface area contributed by atoms with Crippen molar-refractivity contribution in [3.8, 4) is 0 Å². The molecule has 2 heterocycles. The highest BCUT2D eigenvalue weighted by Gasteiger charge is 2.25. The summed E-state index contributed by atoms with van der Waals surface area (Å²) >= 11 is 0. The van der Waals surface area contributed by atoms with Crippen molar-refractivity contribution in [1.29, 1.82) is 0 Å². The minimum absolute atomic E-state index is 0.00915. The van der Waals surface area contributed by atoms with Crippen LogP contribution in [0.2, 0.25) is 0 Å². The Morgan fingerprint density at radius 1 is 1.07 bits per heavy atom. The summed E-state index contributed by atoms with van der Waals surface area (Å²) in [6, 6.07) is 4.44. The number of nitrogens with one attached hydrogen (secondary N) is 2. The van der Waals surface area contributed by atoms with Crippen LogP contribution in [0.3, 0.4) is 0 Å². The highest BCUT2D eigenvalue weighted by atomic mass is 19.2. The monoisotopic (exact) mass is 391 g/mol. The van der Waals surface area contributed by atoms with Gasteiger partial charge in [0.15, 0.2) is 11.6 Å². The average molecular weight is 391 g/mol. The highest BCUT2D eigenvalue weighted by molar-refractivity contribution is 6.39. The molecule has 1 saturated heterocycles. The van der Waals surface area contributed by atoms with E-state index in [9.17, 15) is 23.2 Å². The summed E-state index contributed by atoms with van der Waals surface area (Å²) in [6.45, 7) is 1.38. The summed E-state index contributed by atoms with van der Waals surface area (Å²) in [7, 11) is 0. The number of halogens is 2. The Hall–Kier alpha value is -3.23. The first kappa shape index (κ1) is 19.5. The predicted octanol–water partition coefficient (Wildman–Crippen LogP) is 2.16. The number of furan rings is 1. The molecule has 3 amide bonds. The van der Waals surface area contributed by atoms with E-state index < -0.39 is 23.4 Å². The lowest BCUT2D eigenvalue weighted by Gasteiger charge is -2.31. The maximum atomic E-state index is 13.1. The standard InChI is InChI=1S/C19H19F2N3O4/c20-15-2-1-14(9-16(15)21)23-18(26)17(25)22-10-12-3-6-24(7-4-12)19(27)13-5-8-28-11-13/h1-2,5,8-9,11-12H,3-4,6-7,10H2,(H,22,25)(H,23,26). The summed E-state index contributed by atoms with van der Waals surface area (Å²) in [5.41, 5.74) is 0.491. The molecule has 0 aliphatic carbocycles. The lowest BCUT2D eigenvalue weighted by Crippen LogP contribution is -2.43. The maximum absolute atomic E-state index is 13.1. The summed E-state index contributed by atoms with van der Waals surface area (Å²) in [4.78, 5) is 37.7. The average Bonchev–Trinajstić information content (AvgIpc) is 3.23. The number of nitrogens with zero attached hydrogens (tertiary/aromatic N) is 1. The predicted molar refractivity (Wildman–Crippen MR) is 95.3 cm³/mol. The molecule has 0 radical (unpaired) electrons. The molecule has 2 aromatic rings. The number of hydrogen-bond donors (Lipinski definition) is 2. The van der Waals surface area contributed by atoms with Gasteiger partial charge in [-0.2, -0.15) is 0 Å². The first-order chi connectivity index (χ1) is 13.4. The van der Waals surface area contributed by atoms with Crippen molar-refractivity contribution in [2.75, 3.05) is 25.0 Å². The second-order valence-electron chi connectivity index (χ2n) is 6.54. The van der Waals surface area contributed by atoms with Gasteiger partial charge in [-0.3, -0.25) is 14.4 Å². The normalized spacial score (nSPS) is 14.6. The molecule has 2 N–H and O–H groups in total. The van der Waals surface area contributed by atoms with Gasteiger partial charge in [-0.05, 0) is 37.0 Å². The third kappa shape index (κ3) is 4.73. The van der Waals surface area contributed by atoms with Gasteiger partial charge in [-0.1, -0.05) is 0 Å². The zero-order valence-electron chi connectivity index (χ0n) is 14.9. The molecule has 1 aromatic carbocycles. The molecule has 0 unspecified atom stereocenters. The molecule has 1 fully saturated rings. The van der Waals surface area contributed by atoms with Crippen LogP contribution in [0.5, 0.6) is 0 Å². The van der Waals surface area contributed by atoms with Crippen LogP contribution in [0.1, 0.15) is 23.2 Å². The van der Waals surface area contributed by atoms with Gasteiger partial charge in [0, 0.05) is 31.4 Å². The number of carbonyl (C=O) groups excluding carboxylic acids is 3. The second-order valence-corrected chi connectivity index (χ2v) is 6.54. The maximum Gasteiger partial charge on any atom is 0.313 e. The van der Waals surface area contributed by atoms with Gasteiger partial charge in [-0.15, -0.1) is 0 Å². The third-order valence-corrected chi connectivity index (χ3v) is 4.60. The minimum atomic E-state index is -1.12. The quantitative estimate of drug-likeness (QED) is 0.782. The number of rotatable bonds is 4. The molecule has 7 nitrogen and oxygen atoms in total. The van der Waals surface area contributed by atoms with E-state index in [0.29, 0.717) is 31.5 Å². The van der Waals surface area contributed by atoms with E-state index >= 15 is 0 Å². The van der Waals surface area contributed by atoms with Crippen molar-refractivity contribution in [1.82, 2.24) is 10.2 Å². The number of piperidine rings is 1. The van der Waals surface area contributed by atoms with Crippen molar-refractivity contribution in [2.24, 2.45) is 5.92 Å². The first-order valence-corrected chi connectivity index (χ1v) is 8.79. The van der Waals surface area contributed by atoms with Crippen molar-refractivity contribution in [2.45, 2.75) is 12.8 Å². The smallest absolute Gasteiger partial charge is 0.313 e. The Bertz CT molecular complexity index is 862. The highest BCUT2D eigenvalue weighted by Crippen LogP contribution is 2.19. The number of carbonyl (C=O) groups is 3. The van der Waals surface area contributed by atoms with E-state index in [1.807, 2.05) is 0 Å². The van der Waals surface area contributed by atoms with E-state index in [1.165, 1.54) is 12.5 Å². The van der Waals surface area contributed by atoms with Gasteiger partial charge >= 0.3 is 11.8 Å². The molecule has 28 heavy (non-hydrogen) atoms. The van der Waals surface area contributed by atoms with Crippen molar-refractivity contribution in [3.63, 3.8) is 0 Å². The molecule has 3 rings (SSSR count). The zero-order chi connectivity index (χ0) is 20.1. The molecule has 0 saturated carbocycles. The Morgan fingerprint density at radius 3 is 2.46 bits per heavy atom. The summed E-state index contributed by atoms with van der Waals surface area (Å²) < 4.78 is 30.9. The first-order valence-electron chi connectivity index (χ1n) is 8.79. The Labute approximate surface area is 159 Å². The summed E-state index contributed by atoms with van der Waals surface area (Å²) in [5.74, 6) is -3.94. The Kier molecular flexibility index (Phi) is 6.03. The van der Waals surface area contributed by atoms with Gasteiger partial charge < -0.3 is 20.0 Å². The van der Waals surface area contributed by atoms with Gasteiger partial charge in [0.25, 0.3) is 5.91 Å². The van der Waals surface area contributed by atoms with Crippen molar-refractivity contribution in [3.05, 3.63) is 54.0 Å². The number of benzene rings is 1. The lowest BCUT2D eigenvalue weighted by molar-refractivity contribution is -0.136. The largest absolute Gasteiger partial charge is 0.472 e. The van der Waals surface area contributed by atoms with E-state index in [4.69, 9.17) is 4.42 Å². The van der Waals surface area contributed by atoms with Gasteiger partial charge in [0.1, 0.15) is 6.26 Å². The fourth-order valence-electron chi connectivity index (χ4n) is 2.99. The third-order valence-electron chi connectivity index (χ3n) is 4.60.